The van der Waals surface area contributed by atoms with Crippen molar-refractivity contribution < 1.29 is 9.59 Å². The number of aromatic nitrogens is 2. The van der Waals surface area contributed by atoms with E-state index >= 15 is 0 Å². The van der Waals surface area contributed by atoms with Gasteiger partial charge in [-0.15, -0.1) is 0 Å². The molecular weight excluding hydrogens is 256 g/mol. The number of hydrogen-bond donors (Lipinski definition) is 2. The number of carbonyl (C=O) groups excluding carboxylic acids is 2. The van der Waals surface area contributed by atoms with Gasteiger partial charge in [0.05, 0.1) is 17.1 Å². The number of fused-ring (bicyclic) bond motifs is 1. The van der Waals surface area contributed by atoms with Crippen LogP contribution in [0.2, 0.25) is 0 Å². The van der Waals surface area contributed by atoms with Crippen molar-refractivity contribution in [3.63, 3.8) is 0 Å². The van der Waals surface area contributed by atoms with Gasteiger partial charge < -0.3 is 15.8 Å². The fourth-order valence-corrected chi connectivity index (χ4v) is 2.26. The van der Waals surface area contributed by atoms with Crippen molar-refractivity contribution in [2.45, 2.75) is 18.8 Å². The minimum Gasteiger partial charge on any atom is -0.399 e. The van der Waals surface area contributed by atoms with Gasteiger partial charge in [0.1, 0.15) is 6.29 Å². The molecule has 1 unspecified atom stereocenters. The zero-order valence-electron chi connectivity index (χ0n) is 11.6. The summed E-state index contributed by atoms with van der Waals surface area (Å²) in [6.07, 6.45) is 1.59. The lowest BCUT2D eigenvalue weighted by Gasteiger charge is -2.07. The molecule has 0 bridgehead atoms. The molecule has 6 heteroatoms. The Kier molecular flexibility index (Phi) is 4.02. The third-order valence-electron chi connectivity index (χ3n) is 3.38. The number of benzene rings is 1. The molecule has 1 heterocycles. The van der Waals surface area contributed by atoms with Crippen molar-refractivity contribution in [2.24, 2.45) is 7.05 Å². The van der Waals surface area contributed by atoms with Gasteiger partial charge in [0, 0.05) is 31.6 Å². The fraction of sp³-hybridized carbons (Fsp3) is 0.357. The highest BCUT2D eigenvalue weighted by molar-refractivity contribution is 5.87. The molecule has 0 spiro atoms. The fourth-order valence-electron chi connectivity index (χ4n) is 2.26. The lowest BCUT2D eigenvalue weighted by molar-refractivity contribution is -0.120. The molecule has 1 atom stereocenters. The summed E-state index contributed by atoms with van der Waals surface area (Å²) in [6.45, 7) is 0. The summed E-state index contributed by atoms with van der Waals surface area (Å²) >= 11 is 0. The molecule has 3 N–H and O–H groups in total. The van der Waals surface area contributed by atoms with Crippen molar-refractivity contribution in [1.29, 1.82) is 0 Å². The Bertz CT molecular complexity index is 648. The van der Waals surface area contributed by atoms with Crippen LogP contribution >= 0.6 is 0 Å². The zero-order valence-corrected chi connectivity index (χ0v) is 11.6. The predicted octanol–water partition coefficient (Wildman–Crippen LogP) is 0.964. The normalized spacial score (nSPS) is 12.3. The molecule has 0 radical (unpaired) electrons. The number of nitrogen functional groups attached to an aromatic ring is 1. The summed E-state index contributed by atoms with van der Waals surface area (Å²) in [5, 5.41) is 7.85. The minimum absolute atomic E-state index is 0.0821. The summed E-state index contributed by atoms with van der Waals surface area (Å²) in [5.74, 6) is -0.471. The summed E-state index contributed by atoms with van der Waals surface area (Å²) in [6, 6.07) is 5.48. The average molecular weight is 274 g/mol. The topological polar surface area (TPSA) is 90.0 Å². The van der Waals surface area contributed by atoms with Gasteiger partial charge in [-0.1, -0.05) is 0 Å². The Morgan fingerprint density at radius 2 is 2.30 bits per heavy atom. The molecule has 2 aromatic rings. The van der Waals surface area contributed by atoms with E-state index in [4.69, 9.17) is 5.73 Å². The SMILES string of the molecule is CNC(=O)CCC(C=O)c1nn(C)c2cc(N)ccc12. The second-order valence-corrected chi connectivity index (χ2v) is 4.74. The molecule has 0 aliphatic rings. The Hall–Kier alpha value is -2.37. The van der Waals surface area contributed by atoms with Gasteiger partial charge in [0.2, 0.25) is 5.91 Å². The van der Waals surface area contributed by atoms with Crippen molar-refractivity contribution in [3.05, 3.63) is 23.9 Å². The first-order chi connectivity index (χ1) is 9.56. The lowest BCUT2D eigenvalue weighted by atomic mass is 9.98. The van der Waals surface area contributed by atoms with Crippen molar-refractivity contribution in [1.82, 2.24) is 15.1 Å². The number of nitrogens with zero attached hydrogens (tertiary/aromatic N) is 2. The minimum atomic E-state index is -0.389. The van der Waals surface area contributed by atoms with Crippen LogP contribution in [0.15, 0.2) is 18.2 Å². The van der Waals surface area contributed by atoms with E-state index in [9.17, 15) is 9.59 Å². The molecule has 0 saturated heterocycles. The number of amides is 1. The largest absolute Gasteiger partial charge is 0.399 e. The van der Waals surface area contributed by atoms with Crippen molar-refractivity contribution >= 4 is 28.8 Å². The Labute approximate surface area is 116 Å². The first-order valence-electron chi connectivity index (χ1n) is 6.44. The standard InChI is InChI=1S/C14H18N4O2/c1-16-13(20)6-3-9(8-19)14-11-5-4-10(15)7-12(11)18(2)17-14/h4-5,7-9H,3,6,15H2,1-2H3,(H,16,20). The molecule has 0 aliphatic carbocycles. The highest BCUT2D eigenvalue weighted by Gasteiger charge is 2.19. The molecule has 1 amide bonds. The number of nitrogens with two attached hydrogens (primary N) is 1. The molecule has 2 rings (SSSR count). The van der Waals surface area contributed by atoms with E-state index in [2.05, 4.69) is 10.4 Å². The maximum absolute atomic E-state index is 11.3. The summed E-state index contributed by atoms with van der Waals surface area (Å²) in [5.41, 5.74) is 7.99. The first kappa shape index (κ1) is 14.0. The second-order valence-electron chi connectivity index (χ2n) is 4.74. The Morgan fingerprint density at radius 1 is 1.55 bits per heavy atom. The average Bonchev–Trinajstić information content (AvgIpc) is 2.76. The maximum atomic E-state index is 11.3. The predicted molar refractivity (Wildman–Crippen MR) is 77.2 cm³/mol. The van der Waals surface area contributed by atoms with E-state index in [0.29, 0.717) is 24.2 Å². The van der Waals surface area contributed by atoms with E-state index in [1.54, 1.807) is 17.8 Å². The van der Waals surface area contributed by atoms with E-state index in [-0.39, 0.29) is 11.8 Å². The van der Waals surface area contributed by atoms with Crippen molar-refractivity contribution in [2.75, 3.05) is 12.8 Å². The second kappa shape index (κ2) is 5.73. The monoisotopic (exact) mass is 274 g/mol. The van der Waals surface area contributed by atoms with E-state index < -0.39 is 0 Å². The van der Waals surface area contributed by atoms with Crippen LogP contribution in [0.4, 0.5) is 5.69 Å². The number of anilines is 1. The molecular formula is C14H18N4O2. The molecule has 6 nitrogen and oxygen atoms in total. The molecule has 0 fully saturated rings. The van der Waals surface area contributed by atoms with E-state index in [0.717, 1.165) is 17.2 Å². The van der Waals surface area contributed by atoms with Crippen LogP contribution < -0.4 is 11.1 Å². The van der Waals surface area contributed by atoms with Crippen LogP contribution in [0.5, 0.6) is 0 Å². The van der Waals surface area contributed by atoms with Crippen LogP contribution in [-0.2, 0) is 16.6 Å². The van der Waals surface area contributed by atoms with Gasteiger partial charge in [-0.25, -0.2) is 0 Å². The smallest absolute Gasteiger partial charge is 0.219 e. The maximum Gasteiger partial charge on any atom is 0.219 e. The number of nitrogens with one attached hydrogen (secondary N) is 1. The highest BCUT2D eigenvalue weighted by atomic mass is 16.1. The summed E-state index contributed by atoms with van der Waals surface area (Å²) in [4.78, 5) is 22.6. The van der Waals surface area contributed by atoms with Crippen LogP contribution in [-0.4, -0.2) is 29.0 Å². The quantitative estimate of drug-likeness (QED) is 0.628. The third-order valence-corrected chi connectivity index (χ3v) is 3.38. The third kappa shape index (κ3) is 2.64. The van der Waals surface area contributed by atoms with Gasteiger partial charge in [-0.2, -0.15) is 5.10 Å². The van der Waals surface area contributed by atoms with Crippen LogP contribution in [0, 0.1) is 0 Å². The van der Waals surface area contributed by atoms with E-state index in [1.807, 2.05) is 19.2 Å². The number of hydrogen-bond acceptors (Lipinski definition) is 4. The Morgan fingerprint density at radius 3 is 2.95 bits per heavy atom. The summed E-state index contributed by atoms with van der Waals surface area (Å²) < 4.78 is 1.71. The number of aryl methyl sites for hydroxylation is 1. The van der Waals surface area contributed by atoms with Crippen molar-refractivity contribution in [3.8, 4) is 0 Å². The number of aldehydes is 1. The zero-order chi connectivity index (χ0) is 14.7. The van der Waals surface area contributed by atoms with Crippen LogP contribution in [0.1, 0.15) is 24.5 Å². The van der Waals surface area contributed by atoms with Gasteiger partial charge in [-0.05, 0) is 24.6 Å². The van der Waals surface area contributed by atoms with E-state index in [1.165, 1.54) is 0 Å². The lowest BCUT2D eigenvalue weighted by Crippen LogP contribution is -2.18. The molecule has 106 valence electrons. The molecule has 0 saturated carbocycles. The van der Waals surface area contributed by atoms with Crippen LogP contribution in [0.25, 0.3) is 10.9 Å². The molecule has 1 aromatic carbocycles. The molecule has 20 heavy (non-hydrogen) atoms. The van der Waals surface area contributed by atoms with Gasteiger partial charge >= 0.3 is 0 Å². The summed E-state index contributed by atoms with van der Waals surface area (Å²) in [7, 11) is 3.39. The molecule has 1 aromatic heterocycles. The number of carbonyl (C=O) groups is 2. The molecule has 0 aliphatic heterocycles. The Balaban J connectivity index is 2.35. The highest BCUT2D eigenvalue weighted by Crippen LogP contribution is 2.27. The van der Waals surface area contributed by atoms with Gasteiger partial charge in [0.15, 0.2) is 0 Å². The van der Waals surface area contributed by atoms with Gasteiger partial charge in [0.25, 0.3) is 0 Å². The van der Waals surface area contributed by atoms with Crippen LogP contribution in [0.3, 0.4) is 0 Å². The number of rotatable bonds is 5. The van der Waals surface area contributed by atoms with Gasteiger partial charge in [-0.3, -0.25) is 9.48 Å². The first-order valence-corrected chi connectivity index (χ1v) is 6.44.